The second-order valence-corrected chi connectivity index (χ2v) is 5.83. The zero-order valence-corrected chi connectivity index (χ0v) is 14.9. The van der Waals surface area contributed by atoms with Crippen LogP contribution in [0.5, 0.6) is 5.75 Å². The summed E-state index contributed by atoms with van der Waals surface area (Å²) in [6.45, 7) is 3.10. The summed E-state index contributed by atoms with van der Waals surface area (Å²) >= 11 is 6.17. The Bertz CT molecular complexity index is 821. The Morgan fingerprint density at radius 1 is 1.46 bits per heavy atom. The van der Waals surface area contributed by atoms with Crippen molar-refractivity contribution in [3.63, 3.8) is 0 Å². The second kappa shape index (κ2) is 7.45. The van der Waals surface area contributed by atoms with Gasteiger partial charge in [-0.3, -0.25) is 4.68 Å². The van der Waals surface area contributed by atoms with Crippen molar-refractivity contribution >= 4 is 23.3 Å². The molecule has 1 unspecified atom stereocenters. The molecule has 0 spiro atoms. The molecule has 0 saturated heterocycles. The van der Waals surface area contributed by atoms with Gasteiger partial charge in [-0.1, -0.05) is 11.6 Å². The average Bonchev–Trinajstić information content (AvgIpc) is 2.90. The number of hydrogen-bond donors (Lipinski definition) is 2. The van der Waals surface area contributed by atoms with Crippen molar-refractivity contribution in [3.05, 3.63) is 28.9 Å². The first-order valence-electron chi connectivity index (χ1n) is 7.61. The summed E-state index contributed by atoms with van der Waals surface area (Å²) in [6, 6.07) is 2.58. The maximum atomic E-state index is 12.7. The summed E-state index contributed by atoms with van der Waals surface area (Å²) in [5.74, 6) is -1.04. The predicted molar refractivity (Wildman–Crippen MR) is 91.0 cm³/mol. The number of nitrogens with zero attached hydrogens (tertiary/aromatic N) is 2. The number of aromatic carboxylic acids is 1. The van der Waals surface area contributed by atoms with Crippen molar-refractivity contribution in [1.82, 2.24) is 9.78 Å². The van der Waals surface area contributed by atoms with Crippen molar-refractivity contribution in [3.8, 4) is 17.0 Å². The Kier molecular flexibility index (Phi) is 5.70. The highest BCUT2D eigenvalue weighted by molar-refractivity contribution is 6.35. The van der Waals surface area contributed by atoms with E-state index in [1.807, 2.05) is 0 Å². The van der Waals surface area contributed by atoms with Crippen molar-refractivity contribution in [1.29, 1.82) is 0 Å². The van der Waals surface area contributed by atoms with E-state index in [1.54, 1.807) is 6.92 Å². The minimum Gasteiger partial charge on any atom is -0.496 e. The molecule has 0 fully saturated rings. The zero-order valence-electron chi connectivity index (χ0n) is 14.2. The van der Waals surface area contributed by atoms with Crippen LogP contribution in [0.3, 0.4) is 0 Å². The van der Waals surface area contributed by atoms with Crippen LogP contribution in [0.1, 0.15) is 24.3 Å². The standard InChI is InChI=1S/C16H17ClF3N3O3/c1-4-23-14(12(17)13(22-23)15(24)25)10-6-5-9(7-11(10)26-3)21-8(2)16(18,19)20/h5-8,21H,4H2,1-3H3,(H,24,25). The lowest BCUT2D eigenvalue weighted by Crippen LogP contribution is -2.33. The number of hydrogen-bond acceptors (Lipinski definition) is 4. The molecule has 0 amide bonds. The third-order valence-corrected chi connectivity index (χ3v) is 4.09. The maximum Gasteiger partial charge on any atom is 0.408 e. The highest BCUT2D eigenvalue weighted by atomic mass is 35.5. The molecule has 6 nitrogen and oxygen atoms in total. The molecule has 1 aromatic carbocycles. The molecule has 1 aromatic heterocycles. The Balaban J connectivity index is 2.50. The lowest BCUT2D eigenvalue weighted by Gasteiger charge is -2.19. The number of aromatic nitrogens is 2. The van der Waals surface area contributed by atoms with Crippen LogP contribution in [-0.2, 0) is 6.54 Å². The normalized spacial score (nSPS) is 12.7. The van der Waals surface area contributed by atoms with Crippen LogP contribution in [0.15, 0.2) is 18.2 Å². The van der Waals surface area contributed by atoms with Crippen molar-refractivity contribution in [2.24, 2.45) is 0 Å². The van der Waals surface area contributed by atoms with E-state index in [9.17, 15) is 23.1 Å². The largest absolute Gasteiger partial charge is 0.496 e. The summed E-state index contributed by atoms with van der Waals surface area (Å²) in [5.41, 5.74) is 0.634. The number of rotatable bonds is 6. The van der Waals surface area contributed by atoms with Gasteiger partial charge in [0.05, 0.1) is 12.8 Å². The van der Waals surface area contributed by atoms with Gasteiger partial charge in [0.25, 0.3) is 0 Å². The van der Waals surface area contributed by atoms with Crippen molar-refractivity contribution < 1.29 is 27.8 Å². The fourth-order valence-corrected chi connectivity index (χ4v) is 2.69. The molecule has 0 aliphatic rings. The Hall–Kier alpha value is -2.42. The third-order valence-electron chi connectivity index (χ3n) is 3.73. The number of benzene rings is 1. The Labute approximate surface area is 152 Å². The number of carbonyl (C=O) groups is 1. The highest BCUT2D eigenvalue weighted by Gasteiger charge is 2.36. The van der Waals surface area contributed by atoms with Gasteiger partial charge >= 0.3 is 12.1 Å². The van der Waals surface area contributed by atoms with Crippen LogP contribution in [0.2, 0.25) is 5.02 Å². The summed E-state index contributed by atoms with van der Waals surface area (Å²) in [7, 11) is 1.36. The second-order valence-electron chi connectivity index (χ2n) is 5.45. The first-order chi connectivity index (χ1) is 12.1. The van der Waals surface area contributed by atoms with Crippen LogP contribution in [0, 0.1) is 0 Å². The van der Waals surface area contributed by atoms with Crippen LogP contribution in [0.25, 0.3) is 11.3 Å². The van der Waals surface area contributed by atoms with Crippen LogP contribution in [-0.4, -0.2) is 40.2 Å². The summed E-state index contributed by atoms with van der Waals surface area (Å²) in [4.78, 5) is 11.3. The molecule has 2 N–H and O–H groups in total. The predicted octanol–water partition coefficient (Wildman–Crippen LogP) is 4.29. The number of methoxy groups -OCH3 is 1. The molecule has 0 saturated carbocycles. The molecule has 0 radical (unpaired) electrons. The van der Waals surface area contributed by atoms with Gasteiger partial charge in [0.1, 0.15) is 16.8 Å². The van der Waals surface area contributed by atoms with Crippen molar-refractivity contribution in [2.45, 2.75) is 32.6 Å². The monoisotopic (exact) mass is 391 g/mol. The first-order valence-corrected chi connectivity index (χ1v) is 7.99. The molecule has 2 rings (SSSR count). The summed E-state index contributed by atoms with van der Waals surface area (Å²) < 4.78 is 44.8. The lowest BCUT2D eigenvalue weighted by molar-refractivity contribution is -0.138. The topological polar surface area (TPSA) is 76.4 Å². The van der Waals surface area contributed by atoms with Gasteiger partial charge in [0, 0.05) is 23.9 Å². The number of alkyl halides is 3. The number of nitrogens with one attached hydrogen (secondary N) is 1. The number of anilines is 1. The molecule has 142 valence electrons. The molecule has 10 heteroatoms. The number of halogens is 4. The molecule has 0 aliphatic carbocycles. The van der Waals surface area contributed by atoms with E-state index in [0.29, 0.717) is 17.8 Å². The molecular formula is C16H17ClF3N3O3. The number of carboxylic acids is 1. The SMILES string of the molecule is CCn1nc(C(=O)O)c(Cl)c1-c1ccc(NC(C)C(F)(F)F)cc1OC. The zero-order chi connectivity index (χ0) is 19.6. The van der Waals surface area contributed by atoms with E-state index in [-0.39, 0.29) is 22.2 Å². The van der Waals surface area contributed by atoms with E-state index in [4.69, 9.17) is 16.3 Å². The van der Waals surface area contributed by atoms with Gasteiger partial charge in [-0.15, -0.1) is 0 Å². The number of carboxylic acid groups (broad SMARTS) is 1. The smallest absolute Gasteiger partial charge is 0.408 e. The van der Waals surface area contributed by atoms with Crippen LogP contribution in [0.4, 0.5) is 18.9 Å². The van der Waals surface area contributed by atoms with Crippen LogP contribution >= 0.6 is 11.6 Å². The molecule has 1 atom stereocenters. The Morgan fingerprint density at radius 3 is 2.62 bits per heavy atom. The molecule has 2 aromatic rings. The van der Waals surface area contributed by atoms with Gasteiger partial charge < -0.3 is 15.2 Å². The molecule has 0 bridgehead atoms. The van der Waals surface area contributed by atoms with Crippen LogP contribution < -0.4 is 10.1 Å². The van der Waals surface area contributed by atoms with E-state index in [0.717, 1.165) is 6.92 Å². The van der Waals surface area contributed by atoms with Gasteiger partial charge in [-0.25, -0.2) is 4.79 Å². The van der Waals surface area contributed by atoms with Gasteiger partial charge in [0.2, 0.25) is 0 Å². The fraction of sp³-hybridized carbons (Fsp3) is 0.375. The molecule has 1 heterocycles. The van der Waals surface area contributed by atoms with Crippen molar-refractivity contribution in [2.75, 3.05) is 12.4 Å². The summed E-state index contributed by atoms with van der Waals surface area (Å²) in [6.07, 6.45) is -4.40. The minimum absolute atomic E-state index is 0.0676. The minimum atomic E-state index is -4.40. The third kappa shape index (κ3) is 3.87. The van der Waals surface area contributed by atoms with Gasteiger partial charge in [-0.05, 0) is 26.0 Å². The molecular weight excluding hydrogens is 375 g/mol. The molecule has 0 aliphatic heterocycles. The van der Waals surface area contributed by atoms with Gasteiger partial charge in [-0.2, -0.15) is 18.3 Å². The Morgan fingerprint density at radius 2 is 2.12 bits per heavy atom. The first kappa shape index (κ1) is 19.9. The van der Waals surface area contributed by atoms with E-state index >= 15 is 0 Å². The highest BCUT2D eigenvalue weighted by Crippen LogP contribution is 2.38. The van der Waals surface area contributed by atoms with E-state index < -0.39 is 18.2 Å². The van der Waals surface area contributed by atoms with E-state index in [1.165, 1.54) is 30.0 Å². The summed E-state index contributed by atoms with van der Waals surface area (Å²) in [5, 5.41) is 15.4. The van der Waals surface area contributed by atoms with E-state index in [2.05, 4.69) is 10.4 Å². The fourth-order valence-electron chi connectivity index (χ4n) is 2.37. The quantitative estimate of drug-likeness (QED) is 0.768. The maximum absolute atomic E-state index is 12.7. The van der Waals surface area contributed by atoms with Gasteiger partial charge in [0.15, 0.2) is 5.69 Å². The average molecular weight is 392 g/mol. The molecule has 26 heavy (non-hydrogen) atoms. The number of aryl methyl sites for hydroxylation is 1. The number of ether oxygens (including phenoxy) is 1. The lowest BCUT2D eigenvalue weighted by atomic mass is 10.1.